The molecule has 128 valence electrons. The molecule has 0 amide bonds. The Morgan fingerprint density at radius 1 is 1.38 bits per heavy atom. The van der Waals surface area contributed by atoms with E-state index < -0.39 is 0 Å². The molecule has 0 atom stereocenters. The Hall–Kier alpha value is -1.60. The normalized spacial score (nSPS) is 11.0. The Morgan fingerprint density at radius 3 is 2.88 bits per heavy atom. The first-order chi connectivity index (χ1) is 11.5. The average Bonchev–Trinajstić information content (AvgIpc) is 2.57. The Kier molecular flexibility index (Phi) is 7.05. The third-order valence-corrected chi connectivity index (χ3v) is 4.60. The van der Waals surface area contributed by atoms with Crippen LogP contribution in [0.2, 0.25) is 0 Å². The van der Waals surface area contributed by atoms with Gasteiger partial charge in [-0.3, -0.25) is 0 Å². The third kappa shape index (κ3) is 5.21. The van der Waals surface area contributed by atoms with Crippen molar-refractivity contribution in [2.24, 2.45) is 4.99 Å². The lowest BCUT2D eigenvalue weighted by molar-refractivity contribution is 0.452. The Morgan fingerprint density at radius 2 is 2.17 bits per heavy atom. The van der Waals surface area contributed by atoms with Gasteiger partial charge in [-0.1, -0.05) is 18.7 Å². The predicted molar refractivity (Wildman–Crippen MR) is 104 cm³/mol. The molecule has 0 spiro atoms. The van der Waals surface area contributed by atoms with E-state index in [9.17, 15) is 0 Å². The highest BCUT2D eigenvalue weighted by atomic mass is 79.9. The Balaban J connectivity index is 2.21. The van der Waals surface area contributed by atoms with E-state index in [2.05, 4.69) is 44.7 Å². The molecule has 2 rings (SSSR count). The van der Waals surface area contributed by atoms with Gasteiger partial charge >= 0.3 is 0 Å². The van der Waals surface area contributed by atoms with Crippen LogP contribution in [0.1, 0.15) is 19.4 Å². The van der Waals surface area contributed by atoms with E-state index in [1.807, 2.05) is 37.3 Å². The fourth-order valence-corrected chi connectivity index (χ4v) is 2.76. The number of aryl methyl sites for hydroxylation is 1. The summed E-state index contributed by atoms with van der Waals surface area (Å²) < 4.78 is 6.74. The van der Waals surface area contributed by atoms with E-state index in [1.54, 1.807) is 24.0 Å². The van der Waals surface area contributed by atoms with Crippen LogP contribution in [0.4, 0.5) is 5.69 Å². The minimum absolute atomic E-state index is 0.531. The second-order valence-electron chi connectivity index (χ2n) is 5.10. The summed E-state index contributed by atoms with van der Waals surface area (Å²) in [7, 11) is 1.99. The number of ether oxygens (including phenoxy) is 1. The molecule has 0 bridgehead atoms. The van der Waals surface area contributed by atoms with Crippen LogP contribution in [-0.4, -0.2) is 40.6 Å². The maximum absolute atomic E-state index is 5.91. The monoisotopic (exact) mass is 408 g/mol. The van der Waals surface area contributed by atoms with Crippen molar-refractivity contribution >= 4 is 39.7 Å². The third-order valence-electron chi connectivity index (χ3n) is 3.24. The number of hydrogen-bond acceptors (Lipinski definition) is 5. The smallest absolute Gasteiger partial charge is 0.223 e. The van der Waals surface area contributed by atoms with Crippen LogP contribution < -0.4 is 4.74 Å². The summed E-state index contributed by atoms with van der Waals surface area (Å²) in [4.78, 5) is 15.1. The van der Waals surface area contributed by atoms with Crippen molar-refractivity contribution in [3.63, 3.8) is 0 Å². The predicted octanol–water partition coefficient (Wildman–Crippen LogP) is 5.06. The highest BCUT2D eigenvalue weighted by molar-refractivity contribution is 9.10. The van der Waals surface area contributed by atoms with Crippen molar-refractivity contribution < 1.29 is 4.74 Å². The minimum atomic E-state index is 0.531. The average molecular weight is 409 g/mol. The van der Waals surface area contributed by atoms with E-state index in [1.165, 1.54) is 0 Å². The number of halogens is 1. The maximum atomic E-state index is 5.91. The number of benzene rings is 1. The number of thioether (sulfide) groups is 1. The zero-order valence-electron chi connectivity index (χ0n) is 14.3. The number of hydrogen-bond donors (Lipinski definition) is 0. The molecule has 0 N–H and O–H groups in total. The standard InChI is InChI=1S/C17H21BrN4OS/c1-5-22(4)11-20-14-10-13(18)15(9-12(14)3)23-16-7-8-19-17(21-16)24-6-2/h7-11H,5-6H2,1-4H3. The molecule has 0 radical (unpaired) electrons. The first kappa shape index (κ1) is 18.7. The lowest BCUT2D eigenvalue weighted by Crippen LogP contribution is -2.14. The van der Waals surface area contributed by atoms with E-state index in [4.69, 9.17) is 4.74 Å². The molecule has 0 aliphatic rings. The molecule has 0 saturated heterocycles. The summed E-state index contributed by atoms with van der Waals surface area (Å²) in [5, 5.41) is 0.715. The largest absolute Gasteiger partial charge is 0.438 e. The summed E-state index contributed by atoms with van der Waals surface area (Å²) in [6, 6.07) is 5.66. The van der Waals surface area contributed by atoms with Crippen molar-refractivity contribution in [3.05, 3.63) is 34.4 Å². The molecule has 1 heterocycles. The van der Waals surface area contributed by atoms with Crippen molar-refractivity contribution in [2.45, 2.75) is 25.9 Å². The summed E-state index contributed by atoms with van der Waals surface area (Å²) in [6.45, 7) is 7.07. The van der Waals surface area contributed by atoms with Crippen LogP contribution in [-0.2, 0) is 0 Å². The lowest BCUT2D eigenvalue weighted by Gasteiger charge is -2.12. The van der Waals surface area contributed by atoms with Gasteiger partial charge in [-0.05, 0) is 53.2 Å². The molecule has 0 fully saturated rings. The Bertz CT molecular complexity index is 724. The van der Waals surface area contributed by atoms with Gasteiger partial charge in [-0.15, -0.1) is 0 Å². The molecule has 7 heteroatoms. The van der Waals surface area contributed by atoms with Gasteiger partial charge < -0.3 is 9.64 Å². The van der Waals surface area contributed by atoms with Crippen LogP contribution in [0.25, 0.3) is 0 Å². The summed E-state index contributed by atoms with van der Waals surface area (Å²) in [5.74, 6) is 2.16. The molecule has 0 aliphatic heterocycles. The van der Waals surface area contributed by atoms with Gasteiger partial charge in [0.25, 0.3) is 0 Å². The van der Waals surface area contributed by atoms with Gasteiger partial charge in [0.15, 0.2) is 5.16 Å². The summed E-state index contributed by atoms with van der Waals surface area (Å²) in [6.07, 6.45) is 3.54. The number of rotatable bonds is 7. The van der Waals surface area contributed by atoms with E-state index in [0.717, 1.165) is 28.0 Å². The highest BCUT2D eigenvalue weighted by Gasteiger charge is 2.09. The van der Waals surface area contributed by atoms with Gasteiger partial charge in [-0.25, -0.2) is 9.98 Å². The first-order valence-electron chi connectivity index (χ1n) is 7.71. The maximum Gasteiger partial charge on any atom is 0.223 e. The molecule has 0 unspecified atom stereocenters. The number of nitrogens with zero attached hydrogens (tertiary/aromatic N) is 4. The van der Waals surface area contributed by atoms with Crippen LogP contribution in [0, 0.1) is 6.92 Å². The highest BCUT2D eigenvalue weighted by Crippen LogP contribution is 2.35. The van der Waals surface area contributed by atoms with Crippen molar-refractivity contribution in [2.75, 3.05) is 19.3 Å². The molecular formula is C17H21BrN4OS. The van der Waals surface area contributed by atoms with Crippen molar-refractivity contribution in [1.29, 1.82) is 0 Å². The molecular weight excluding hydrogens is 388 g/mol. The lowest BCUT2D eigenvalue weighted by atomic mass is 10.2. The van der Waals surface area contributed by atoms with Crippen molar-refractivity contribution in [3.8, 4) is 11.6 Å². The molecule has 1 aromatic carbocycles. The van der Waals surface area contributed by atoms with E-state index >= 15 is 0 Å². The first-order valence-corrected chi connectivity index (χ1v) is 9.49. The quantitative estimate of drug-likeness (QED) is 0.277. The molecule has 1 aromatic heterocycles. The van der Waals surface area contributed by atoms with Crippen molar-refractivity contribution in [1.82, 2.24) is 14.9 Å². The summed E-state index contributed by atoms with van der Waals surface area (Å²) in [5.41, 5.74) is 1.94. The van der Waals surface area contributed by atoms with Crippen LogP contribution >= 0.6 is 27.7 Å². The molecule has 24 heavy (non-hydrogen) atoms. The molecule has 0 saturated carbocycles. The van der Waals surface area contributed by atoms with Gasteiger partial charge in [0.05, 0.1) is 16.5 Å². The van der Waals surface area contributed by atoms with Gasteiger partial charge in [0.1, 0.15) is 5.75 Å². The number of aromatic nitrogens is 2. The van der Waals surface area contributed by atoms with Crippen LogP contribution in [0.3, 0.4) is 0 Å². The van der Waals surface area contributed by atoms with Gasteiger partial charge in [0.2, 0.25) is 5.88 Å². The second-order valence-corrected chi connectivity index (χ2v) is 7.18. The zero-order valence-corrected chi connectivity index (χ0v) is 16.7. The fraction of sp³-hybridized carbons (Fsp3) is 0.353. The molecule has 2 aromatic rings. The van der Waals surface area contributed by atoms with Crippen LogP contribution in [0.15, 0.2) is 39.0 Å². The van der Waals surface area contributed by atoms with Gasteiger partial charge in [0, 0.05) is 25.9 Å². The SMILES string of the molecule is CCSc1nccc(Oc2cc(C)c(N=CN(C)CC)cc2Br)n1. The molecule has 5 nitrogen and oxygen atoms in total. The van der Waals surface area contributed by atoms with Crippen LogP contribution in [0.5, 0.6) is 11.6 Å². The number of aliphatic imine (C=N–C) groups is 1. The topological polar surface area (TPSA) is 50.6 Å². The van der Waals surface area contributed by atoms with Gasteiger partial charge in [-0.2, -0.15) is 4.98 Å². The fourth-order valence-electron chi connectivity index (χ4n) is 1.80. The summed E-state index contributed by atoms with van der Waals surface area (Å²) >= 11 is 5.13. The zero-order chi connectivity index (χ0) is 17.5. The molecule has 0 aliphatic carbocycles. The van der Waals surface area contributed by atoms with E-state index in [-0.39, 0.29) is 0 Å². The second kappa shape index (κ2) is 9.03. The Labute approximate surface area is 155 Å². The minimum Gasteiger partial charge on any atom is -0.438 e. The van der Waals surface area contributed by atoms with E-state index in [0.29, 0.717) is 16.8 Å².